The van der Waals surface area contributed by atoms with Gasteiger partial charge in [-0.2, -0.15) is 5.26 Å². The van der Waals surface area contributed by atoms with Crippen LogP contribution in [0.1, 0.15) is 23.7 Å². The largest absolute Gasteiger partial charge is 0.370 e. The van der Waals surface area contributed by atoms with E-state index in [4.69, 9.17) is 14.5 Å². The number of nitrogens with zero attached hydrogens (tertiary/aromatic N) is 6. The highest BCUT2D eigenvalue weighted by Gasteiger charge is 2.48. The van der Waals surface area contributed by atoms with Crippen LogP contribution in [0, 0.1) is 11.3 Å². The molecule has 4 aliphatic rings. The van der Waals surface area contributed by atoms with Gasteiger partial charge in [0.15, 0.2) is 0 Å². The first kappa shape index (κ1) is 24.7. The van der Waals surface area contributed by atoms with Gasteiger partial charge in [-0.1, -0.05) is 6.07 Å². The van der Waals surface area contributed by atoms with Gasteiger partial charge in [0, 0.05) is 63.1 Å². The molecular formula is C30H35N7O2. The fourth-order valence-corrected chi connectivity index (χ4v) is 6.79. The molecule has 2 aromatic heterocycles. The van der Waals surface area contributed by atoms with Crippen molar-refractivity contribution in [3.63, 3.8) is 0 Å². The lowest BCUT2D eigenvalue weighted by atomic mass is 9.91. The summed E-state index contributed by atoms with van der Waals surface area (Å²) in [5, 5.41) is 14.0. The Balaban J connectivity index is 1.01. The molecule has 1 N–H and O–H groups in total. The third kappa shape index (κ3) is 4.72. The number of rotatable bonds is 4. The van der Waals surface area contributed by atoms with Crippen molar-refractivity contribution in [3.05, 3.63) is 59.4 Å². The minimum absolute atomic E-state index is 0.1000. The zero-order valence-electron chi connectivity index (χ0n) is 22.5. The van der Waals surface area contributed by atoms with Crippen LogP contribution in [-0.2, 0) is 22.4 Å². The minimum atomic E-state index is -0.136. The molecule has 39 heavy (non-hydrogen) atoms. The second-order valence-electron chi connectivity index (χ2n) is 11.4. The Morgan fingerprint density at radius 1 is 1.13 bits per heavy atom. The molecule has 0 unspecified atom stereocenters. The van der Waals surface area contributed by atoms with E-state index in [1.807, 2.05) is 12.1 Å². The van der Waals surface area contributed by atoms with Crippen molar-refractivity contribution in [2.45, 2.75) is 37.7 Å². The average Bonchev–Trinajstić information content (AvgIpc) is 2.95. The Kier molecular flexibility index (Phi) is 6.36. The topological polar surface area (TPSA) is 89.8 Å². The number of likely N-dealkylation sites (tertiary alicyclic amines) is 1. The number of nitrogens with one attached hydrogen (secondary N) is 1. The first-order valence-electron chi connectivity index (χ1n) is 14.1. The third-order valence-electron chi connectivity index (χ3n) is 8.51. The molecule has 1 aromatic carbocycles. The highest BCUT2D eigenvalue weighted by molar-refractivity contribution is 5.95. The van der Waals surface area contributed by atoms with Gasteiger partial charge in [-0.25, -0.2) is 4.98 Å². The lowest BCUT2D eigenvalue weighted by Gasteiger charge is -2.55. The van der Waals surface area contributed by atoms with Crippen LogP contribution in [0.4, 0.5) is 11.5 Å². The van der Waals surface area contributed by atoms with E-state index in [1.54, 1.807) is 6.20 Å². The van der Waals surface area contributed by atoms with Crippen LogP contribution in [0.3, 0.4) is 0 Å². The lowest BCUT2D eigenvalue weighted by Crippen LogP contribution is -2.71. The third-order valence-corrected chi connectivity index (χ3v) is 8.51. The van der Waals surface area contributed by atoms with E-state index in [0.717, 1.165) is 94.3 Å². The molecule has 3 aromatic rings. The number of anilines is 2. The first-order valence-corrected chi connectivity index (χ1v) is 14.1. The molecule has 6 heterocycles. The van der Waals surface area contributed by atoms with Gasteiger partial charge in [0.25, 0.3) is 0 Å². The van der Waals surface area contributed by atoms with Crippen LogP contribution in [0.25, 0.3) is 10.9 Å². The SMILES string of the molecule is C[C@@H]1CN(c2ccc(C#N)c3ncccc23)C[C@H](CN2CC3(C2)CN(c2ccc4c(n2)CNCC4)CCO3)O1. The minimum Gasteiger partial charge on any atom is -0.370 e. The maximum absolute atomic E-state index is 9.54. The Hall–Kier alpha value is -3.29. The first-order chi connectivity index (χ1) is 19.1. The quantitative estimate of drug-likeness (QED) is 0.551. The second-order valence-corrected chi connectivity index (χ2v) is 11.4. The van der Waals surface area contributed by atoms with Crippen molar-refractivity contribution in [2.24, 2.45) is 0 Å². The summed E-state index contributed by atoms with van der Waals surface area (Å²) in [6.07, 6.45) is 3.03. The van der Waals surface area contributed by atoms with Crippen LogP contribution in [0.5, 0.6) is 0 Å². The Morgan fingerprint density at radius 2 is 2.05 bits per heavy atom. The van der Waals surface area contributed by atoms with Gasteiger partial charge in [0.05, 0.1) is 42.1 Å². The predicted molar refractivity (Wildman–Crippen MR) is 150 cm³/mol. The zero-order chi connectivity index (χ0) is 26.4. The number of hydrogen-bond donors (Lipinski definition) is 1. The molecule has 0 amide bonds. The molecule has 3 saturated heterocycles. The number of pyridine rings is 2. The lowest BCUT2D eigenvalue weighted by molar-refractivity contribution is -0.161. The summed E-state index contributed by atoms with van der Waals surface area (Å²) in [7, 11) is 0. The molecule has 1 spiro atoms. The molecule has 0 bridgehead atoms. The summed E-state index contributed by atoms with van der Waals surface area (Å²) in [6, 6.07) is 14.7. The molecule has 9 heteroatoms. The molecule has 3 fully saturated rings. The summed E-state index contributed by atoms with van der Waals surface area (Å²) >= 11 is 0. The van der Waals surface area contributed by atoms with Gasteiger partial charge in [0.2, 0.25) is 0 Å². The van der Waals surface area contributed by atoms with E-state index < -0.39 is 0 Å². The molecule has 9 nitrogen and oxygen atoms in total. The Bertz CT molecular complexity index is 1420. The van der Waals surface area contributed by atoms with Gasteiger partial charge in [0.1, 0.15) is 17.5 Å². The summed E-state index contributed by atoms with van der Waals surface area (Å²) < 4.78 is 12.8. The Morgan fingerprint density at radius 3 is 2.95 bits per heavy atom. The van der Waals surface area contributed by atoms with Crippen molar-refractivity contribution in [1.29, 1.82) is 5.26 Å². The van der Waals surface area contributed by atoms with Crippen LogP contribution in [0.15, 0.2) is 42.6 Å². The second kappa shape index (κ2) is 10.0. The fourth-order valence-electron chi connectivity index (χ4n) is 6.79. The van der Waals surface area contributed by atoms with Crippen molar-refractivity contribution < 1.29 is 9.47 Å². The van der Waals surface area contributed by atoms with E-state index in [-0.39, 0.29) is 17.8 Å². The van der Waals surface area contributed by atoms with E-state index >= 15 is 0 Å². The van der Waals surface area contributed by atoms with E-state index in [1.165, 1.54) is 11.3 Å². The molecule has 7 rings (SSSR count). The summed E-state index contributed by atoms with van der Waals surface area (Å²) in [5.41, 5.74) is 4.92. The van der Waals surface area contributed by atoms with Gasteiger partial charge < -0.3 is 24.6 Å². The average molecular weight is 526 g/mol. The van der Waals surface area contributed by atoms with Crippen molar-refractivity contribution in [1.82, 2.24) is 20.2 Å². The molecule has 0 radical (unpaired) electrons. The molecule has 2 atom stereocenters. The highest BCUT2D eigenvalue weighted by atomic mass is 16.5. The predicted octanol–water partition coefficient (Wildman–Crippen LogP) is 2.33. The number of benzene rings is 1. The number of aromatic nitrogens is 2. The van der Waals surface area contributed by atoms with E-state index in [9.17, 15) is 5.26 Å². The number of nitriles is 1. The summed E-state index contributed by atoms with van der Waals surface area (Å²) in [5.74, 6) is 1.07. The van der Waals surface area contributed by atoms with Crippen molar-refractivity contribution in [3.8, 4) is 6.07 Å². The van der Waals surface area contributed by atoms with Crippen LogP contribution in [0.2, 0.25) is 0 Å². The molecular weight excluding hydrogens is 490 g/mol. The normalized spacial score (nSPS) is 24.8. The maximum Gasteiger partial charge on any atom is 0.129 e. The van der Waals surface area contributed by atoms with Gasteiger partial charge in [-0.3, -0.25) is 9.88 Å². The van der Waals surface area contributed by atoms with Gasteiger partial charge >= 0.3 is 0 Å². The number of fused-ring (bicyclic) bond motifs is 2. The monoisotopic (exact) mass is 525 g/mol. The standard InChI is InChI=1S/C30H35N7O2/c1-21-15-37(27-6-4-23(13-31)29-25(27)3-2-9-33-29)17-24(39-21)16-35-18-30(19-35)20-36(11-12-38-30)28-7-5-22-8-10-32-14-26(22)34-28/h2-7,9,21,24,32H,8,10-12,14-20H2,1H3/t21-,24+/m1/s1. The highest BCUT2D eigenvalue weighted by Crippen LogP contribution is 2.34. The maximum atomic E-state index is 9.54. The fraction of sp³-hybridized carbons (Fsp3) is 0.500. The Labute approximate surface area is 229 Å². The summed E-state index contributed by atoms with van der Waals surface area (Å²) in [4.78, 5) is 16.8. The molecule has 202 valence electrons. The zero-order valence-corrected chi connectivity index (χ0v) is 22.5. The summed E-state index contributed by atoms with van der Waals surface area (Å²) in [6.45, 7) is 10.8. The van der Waals surface area contributed by atoms with Crippen LogP contribution < -0.4 is 15.1 Å². The number of morpholine rings is 2. The van der Waals surface area contributed by atoms with Gasteiger partial charge in [-0.15, -0.1) is 0 Å². The van der Waals surface area contributed by atoms with Crippen molar-refractivity contribution in [2.75, 3.05) is 68.8 Å². The smallest absolute Gasteiger partial charge is 0.129 e. The molecule has 0 saturated carbocycles. The van der Waals surface area contributed by atoms with Crippen LogP contribution >= 0.6 is 0 Å². The number of ether oxygens (including phenoxy) is 2. The van der Waals surface area contributed by atoms with E-state index in [2.05, 4.69) is 62.3 Å². The van der Waals surface area contributed by atoms with Crippen molar-refractivity contribution >= 4 is 22.4 Å². The molecule has 0 aliphatic carbocycles. The van der Waals surface area contributed by atoms with Gasteiger partial charge in [-0.05, 0) is 55.8 Å². The van der Waals surface area contributed by atoms with Crippen LogP contribution in [-0.4, -0.2) is 91.6 Å². The van der Waals surface area contributed by atoms with E-state index in [0.29, 0.717) is 5.56 Å². The number of hydrogen-bond acceptors (Lipinski definition) is 9. The molecule has 4 aliphatic heterocycles.